The van der Waals surface area contributed by atoms with Gasteiger partial charge in [-0.25, -0.2) is 20.7 Å². The van der Waals surface area contributed by atoms with Crippen LogP contribution in [-0.4, -0.2) is 48.9 Å². The van der Waals surface area contributed by atoms with Crippen LogP contribution in [0.3, 0.4) is 0 Å². The lowest BCUT2D eigenvalue weighted by atomic mass is 9.47. The summed E-state index contributed by atoms with van der Waals surface area (Å²) in [5, 5.41) is 18.9. The van der Waals surface area contributed by atoms with Crippen LogP contribution < -0.4 is 16.1 Å². The highest BCUT2D eigenvalue weighted by Crippen LogP contribution is 2.63. The van der Waals surface area contributed by atoms with Gasteiger partial charge >= 0.3 is 5.97 Å². The summed E-state index contributed by atoms with van der Waals surface area (Å²) < 4.78 is 2.02. The van der Waals surface area contributed by atoms with Crippen molar-refractivity contribution in [1.82, 2.24) is 19.7 Å². The average molecular weight is 778 g/mol. The molecule has 296 valence electrons. The molecule has 3 aromatic heterocycles. The van der Waals surface area contributed by atoms with Crippen LogP contribution in [0.4, 0.5) is 10.9 Å². The molecule has 0 radical (unpaired) electrons. The lowest BCUT2D eigenvalue weighted by molar-refractivity contribution is -0.199. The van der Waals surface area contributed by atoms with Crippen LogP contribution in [0, 0.1) is 37.0 Å². The molecule has 3 aliphatic rings. The molecule has 0 saturated heterocycles. The maximum absolute atomic E-state index is 13.7. The van der Waals surface area contributed by atoms with E-state index in [2.05, 4.69) is 56.4 Å². The van der Waals surface area contributed by atoms with Crippen LogP contribution in [0.25, 0.3) is 17.2 Å². The van der Waals surface area contributed by atoms with Gasteiger partial charge in [0.25, 0.3) is 5.91 Å². The van der Waals surface area contributed by atoms with Crippen LogP contribution in [0.2, 0.25) is 0 Å². The molecule has 2 bridgehead atoms. The number of hydrogen-bond donors (Lipinski definition) is 3. The second-order valence-corrected chi connectivity index (χ2v) is 18.7. The summed E-state index contributed by atoms with van der Waals surface area (Å²) >= 11 is 1.41. The fourth-order valence-corrected chi connectivity index (χ4v) is 11.7. The maximum atomic E-state index is 13.7. The minimum Gasteiger partial charge on any atom is -0.476 e. The average Bonchev–Trinajstić information content (AvgIpc) is 3.68. The highest BCUT2D eigenvalue weighted by atomic mass is 32.1. The number of nitrogens with zero attached hydrogens (tertiary/aromatic N) is 5. The lowest BCUT2D eigenvalue weighted by Crippen LogP contribution is -2.58. The Balaban J connectivity index is 1.13. The number of aromatic carboxylic acids is 1. The zero-order valence-electron chi connectivity index (χ0n) is 33.8. The van der Waals surface area contributed by atoms with E-state index in [0.29, 0.717) is 48.1 Å². The fraction of sp³-hybridized carbons (Fsp3) is 0.477. The molecule has 4 heterocycles. The third kappa shape index (κ3) is 7.46. The Hall–Kier alpha value is -4.65. The number of pyridine rings is 1. The molecule has 0 spiro atoms. The lowest BCUT2D eigenvalue weighted by Gasteiger charge is -2.61. The third-order valence-electron chi connectivity index (χ3n) is 12.7. The van der Waals surface area contributed by atoms with Crippen LogP contribution in [-0.2, 0) is 24.3 Å². The minimum absolute atomic E-state index is 0.0288. The van der Waals surface area contributed by atoms with Crippen molar-refractivity contribution in [2.75, 3.05) is 16.8 Å². The number of rotatable bonds is 11. The van der Waals surface area contributed by atoms with E-state index in [4.69, 9.17) is 20.8 Å². The first-order valence-corrected chi connectivity index (χ1v) is 20.4. The van der Waals surface area contributed by atoms with Crippen molar-refractivity contribution >= 4 is 40.2 Å². The van der Waals surface area contributed by atoms with Gasteiger partial charge in [-0.2, -0.15) is 5.10 Å². The molecule has 2 fully saturated rings. The Morgan fingerprint density at radius 2 is 1.77 bits per heavy atom. The van der Waals surface area contributed by atoms with Crippen LogP contribution in [0.1, 0.15) is 120 Å². The van der Waals surface area contributed by atoms with Gasteiger partial charge in [0, 0.05) is 42.0 Å². The van der Waals surface area contributed by atoms with E-state index in [9.17, 15) is 14.7 Å². The molecule has 56 heavy (non-hydrogen) atoms. The maximum Gasteiger partial charge on any atom is 0.355 e. The number of hydrogen-bond acceptors (Lipinski definition) is 9. The Labute approximate surface area is 334 Å². The highest BCUT2D eigenvalue weighted by Gasteiger charge is 2.59. The molecule has 2 aliphatic carbocycles. The van der Waals surface area contributed by atoms with Gasteiger partial charge in [-0.15, -0.1) is 0 Å². The summed E-state index contributed by atoms with van der Waals surface area (Å²) in [5.41, 5.74) is 6.48. The smallest absolute Gasteiger partial charge is 0.355 e. The number of carbonyl (C=O) groups excluding carboxylic acids is 1. The van der Waals surface area contributed by atoms with Gasteiger partial charge in [-0.1, -0.05) is 70.2 Å². The summed E-state index contributed by atoms with van der Waals surface area (Å²) in [7, 11) is 0. The van der Waals surface area contributed by atoms with E-state index < -0.39 is 5.97 Å². The molecule has 12 heteroatoms. The number of nitrogens with one attached hydrogen (secondary N) is 1. The predicted molar refractivity (Wildman–Crippen MR) is 223 cm³/mol. The van der Waals surface area contributed by atoms with E-state index in [0.717, 1.165) is 77.0 Å². The number of allylic oxidation sites excluding steroid dienone is 2. The first kappa shape index (κ1) is 39.6. The molecule has 7 rings (SSSR count). The van der Waals surface area contributed by atoms with Gasteiger partial charge in [-0.05, 0) is 117 Å². The van der Waals surface area contributed by atoms with Crippen LogP contribution in [0.5, 0.6) is 0 Å². The van der Waals surface area contributed by atoms with Crippen molar-refractivity contribution in [1.29, 1.82) is 0 Å². The quantitative estimate of drug-likeness (QED) is 0.100. The topological polar surface area (TPSA) is 148 Å². The van der Waals surface area contributed by atoms with Crippen LogP contribution >= 0.6 is 11.3 Å². The van der Waals surface area contributed by atoms with E-state index in [1.807, 2.05) is 54.9 Å². The number of aryl methyl sites for hydroxylation is 2. The molecule has 2 saturated carbocycles. The predicted octanol–water partition coefficient (Wildman–Crippen LogP) is 9.07. The van der Waals surface area contributed by atoms with Gasteiger partial charge in [-0.3, -0.25) is 19.6 Å². The highest BCUT2D eigenvalue weighted by molar-refractivity contribution is 7.16. The van der Waals surface area contributed by atoms with Crippen molar-refractivity contribution in [2.24, 2.45) is 22.1 Å². The molecule has 4 aromatic rings. The fourth-order valence-electron chi connectivity index (χ4n) is 10.8. The van der Waals surface area contributed by atoms with Crippen molar-refractivity contribution < 1.29 is 19.5 Å². The van der Waals surface area contributed by atoms with Gasteiger partial charge in [0.15, 0.2) is 10.8 Å². The van der Waals surface area contributed by atoms with Gasteiger partial charge in [0.05, 0.1) is 22.4 Å². The van der Waals surface area contributed by atoms with E-state index >= 15 is 0 Å². The van der Waals surface area contributed by atoms with Gasteiger partial charge in [0.1, 0.15) is 5.82 Å². The molecule has 4 unspecified atom stereocenters. The van der Waals surface area contributed by atoms with E-state index in [-0.39, 0.29) is 33.4 Å². The second-order valence-electron chi connectivity index (χ2n) is 17.7. The van der Waals surface area contributed by atoms with Gasteiger partial charge in [0.2, 0.25) is 0 Å². The number of amides is 1. The molecular formula is C44H55N7O4S. The molecular weight excluding hydrogens is 723 g/mol. The molecule has 4 atom stereocenters. The zero-order valence-corrected chi connectivity index (χ0v) is 34.6. The molecule has 4 N–H and O–H groups in total. The summed E-state index contributed by atoms with van der Waals surface area (Å²) in [6.07, 6.45) is 14.0. The number of carboxylic acids is 1. The van der Waals surface area contributed by atoms with Gasteiger partial charge < -0.3 is 10.0 Å². The standard InChI is InChI=1S/C44H55N7O4S/c1-9-11-12-35-28(4)47-40(56-35)49-38(52)32-14-13-27(3)30-17-18-50(20-34(30)32)36-16-15-31(37(48-36)39(53)54)33-19-46-51(29(33)5)26-43(8)22-42(7)21-41(6,10-2)23-44(24-42,25-43)55-45/h9,11-16,19H,1,10,17-18,20-26,45H2,2-8H3,(H,53,54)(H,47,49,52)/b12-11-. The number of anilines is 2. The normalized spacial score (nSPS) is 26.0. The first-order valence-electron chi connectivity index (χ1n) is 19.6. The minimum atomic E-state index is -1.11. The zero-order chi connectivity index (χ0) is 40.2. The first-order chi connectivity index (χ1) is 26.5. The number of fused-ring (bicyclic) bond motifs is 3. The van der Waals surface area contributed by atoms with E-state index in [1.165, 1.54) is 11.3 Å². The number of carbonyl (C=O) groups is 2. The third-order valence-corrected chi connectivity index (χ3v) is 13.8. The number of nitrogens with two attached hydrogens (primary N) is 1. The molecule has 1 aliphatic heterocycles. The molecule has 1 amide bonds. The summed E-state index contributed by atoms with van der Waals surface area (Å²) in [5.74, 6) is 5.30. The van der Waals surface area contributed by atoms with Crippen molar-refractivity contribution in [3.8, 4) is 11.1 Å². The summed E-state index contributed by atoms with van der Waals surface area (Å²) in [6, 6.07) is 7.57. The number of benzene rings is 1. The number of carboxylic acid groups (broad SMARTS) is 1. The molecule has 1 aromatic carbocycles. The molecule has 11 nitrogen and oxygen atoms in total. The summed E-state index contributed by atoms with van der Waals surface area (Å²) in [4.78, 5) is 44.8. The Bertz CT molecular complexity index is 2240. The van der Waals surface area contributed by atoms with Crippen molar-refractivity contribution in [2.45, 2.75) is 112 Å². The summed E-state index contributed by atoms with van der Waals surface area (Å²) in [6.45, 7) is 20.8. The monoisotopic (exact) mass is 777 g/mol. The van der Waals surface area contributed by atoms with Crippen molar-refractivity contribution in [3.63, 3.8) is 0 Å². The van der Waals surface area contributed by atoms with Crippen LogP contribution in [0.15, 0.2) is 49.2 Å². The Morgan fingerprint density at radius 1 is 1.02 bits per heavy atom. The Morgan fingerprint density at radius 3 is 2.48 bits per heavy atom. The second kappa shape index (κ2) is 14.7. The SMILES string of the molecule is C=C/C=C\c1sc(NC(=O)c2ccc(C)c3c2CN(c2ccc(-c4cnn(CC5(C)CC6(C)CC(C)(CC)CC(ON)(C5)C6)c4C)c(C(=O)O)n2)CC3)nc1C. The largest absolute Gasteiger partial charge is 0.476 e. The number of aromatic nitrogens is 4. The van der Waals surface area contributed by atoms with E-state index in [1.54, 1.807) is 12.3 Å². The Kier molecular flexibility index (Phi) is 10.4. The number of thiazole rings is 1. The van der Waals surface area contributed by atoms with Crippen molar-refractivity contribution in [3.05, 3.63) is 93.4 Å².